The molecule has 10 nitrogen and oxygen atoms in total. The van der Waals surface area contributed by atoms with E-state index in [0.29, 0.717) is 27.3 Å². The normalized spacial score (nSPS) is 11.3. The van der Waals surface area contributed by atoms with Gasteiger partial charge in [-0.3, -0.25) is 24.5 Å². The maximum Gasteiger partial charge on any atom is 0.269 e. The van der Waals surface area contributed by atoms with Gasteiger partial charge >= 0.3 is 0 Å². The van der Waals surface area contributed by atoms with E-state index in [0.717, 1.165) is 11.3 Å². The maximum atomic E-state index is 12.5. The fourth-order valence-corrected chi connectivity index (χ4v) is 3.94. The van der Waals surface area contributed by atoms with E-state index in [1.54, 1.807) is 43.6 Å². The highest BCUT2D eigenvalue weighted by Crippen LogP contribution is 2.28. The van der Waals surface area contributed by atoms with Crippen LogP contribution in [0.5, 0.6) is 0 Å². The molecule has 4 rings (SSSR count). The number of thioether (sulfide) groups is 1. The van der Waals surface area contributed by atoms with Crippen LogP contribution in [0.15, 0.2) is 83.3 Å². The van der Waals surface area contributed by atoms with Crippen LogP contribution >= 0.6 is 23.4 Å². The number of pyridine rings is 1. The van der Waals surface area contributed by atoms with Gasteiger partial charge in [0.05, 0.1) is 16.4 Å². The molecule has 2 aromatic carbocycles. The molecule has 0 atom stereocenters. The van der Waals surface area contributed by atoms with Gasteiger partial charge in [0.25, 0.3) is 11.6 Å². The lowest BCUT2D eigenvalue weighted by atomic mass is 10.1. The lowest BCUT2D eigenvalue weighted by molar-refractivity contribution is -0.384. The van der Waals surface area contributed by atoms with E-state index in [1.165, 1.54) is 23.9 Å². The second-order valence-electron chi connectivity index (χ2n) is 7.18. The summed E-state index contributed by atoms with van der Waals surface area (Å²) in [7, 11) is 0. The number of amides is 1. The molecule has 0 fully saturated rings. The number of hydrogen-bond donors (Lipinski definition) is 1. The zero-order chi connectivity index (χ0) is 24.8. The molecule has 0 saturated carbocycles. The molecule has 1 amide bonds. The number of hydrogen-bond acceptors (Lipinski definition) is 8. The topological polar surface area (TPSA) is 128 Å². The van der Waals surface area contributed by atoms with Crippen molar-refractivity contribution >= 4 is 40.7 Å². The number of nitro benzene ring substituents is 1. The quantitative estimate of drug-likeness (QED) is 0.160. The third kappa shape index (κ3) is 5.89. The maximum absolute atomic E-state index is 12.5. The van der Waals surface area contributed by atoms with E-state index >= 15 is 0 Å². The molecule has 0 aliphatic rings. The lowest BCUT2D eigenvalue weighted by Gasteiger charge is -2.10. The Morgan fingerprint density at radius 2 is 1.77 bits per heavy atom. The van der Waals surface area contributed by atoms with E-state index in [2.05, 4.69) is 25.7 Å². The molecule has 0 aliphatic carbocycles. The van der Waals surface area contributed by atoms with Crippen molar-refractivity contribution in [3.63, 3.8) is 0 Å². The number of benzene rings is 2. The summed E-state index contributed by atoms with van der Waals surface area (Å²) in [5.74, 6) is 0.302. The molecule has 0 saturated heterocycles. The lowest BCUT2D eigenvalue weighted by Crippen LogP contribution is -2.21. The van der Waals surface area contributed by atoms with Crippen molar-refractivity contribution in [2.24, 2.45) is 5.10 Å². The summed E-state index contributed by atoms with van der Waals surface area (Å²) in [6, 6.07) is 16.8. The first-order valence-corrected chi connectivity index (χ1v) is 11.6. The molecule has 176 valence electrons. The molecular formula is C23H18ClN7O3S. The van der Waals surface area contributed by atoms with Crippen LogP contribution in [0.25, 0.3) is 17.1 Å². The molecular weight excluding hydrogens is 490 g/mol. The van der Waals surface area contributed by atoms with Crippen LogP contribution in [0.1, 0.15) is 12.5 Å². The van der Waals surface area contributed by atoms with Crippen LogP contribution < -0.4 is 5.43 Å². The summed E-state index contributed by atoms with van der Waals surface area (Å²) in [4.78, 5) is 26.8. The third-order valence-electron chi connectivity index (χ3n) is 4.83. The van der Waals surface area contributed by atoms with Crippen molar-refractivity contribution in [3.05, 3.63) is 93.8 Å². The minimum atomic E-state index is -0.474. The Hall–Kier alpha value is -4.09. The molecule has 35 heavy (non-hydrogen) atoms. The number of rotatable bonds is 8. The number of non-ortho nitro benzene ring substituents is 1. The van der Waals surface area contributed by atoms with E-state index in [4.69, 9.17) is 11.6 Å². The Kier molecular flexibility index (Phi) is 7.48. The zero-order valence-corrected chi connectivity index (χ0v) is 19.9. The Morgan fingerprint density at radius 3 is 2.43 bits per heavy atom. The second-order valence-corrected chi connectivity index (χ2v) is 8.56. The highest BCUT2D eigenvalue weighted by Gasteiger charge is 2.17. The first-order chi connectivity index (χ1) is 16.9. The molecule has 1 N–H and O–H groups in total. The summed E-state index contributed by atoms with van der Waals surface area (Å²) >= 11 is 7.26. The molecule has 0 unspecified atom stereocenters. The number of halogens is 1. The average molecular weight is 508 g/mol. The average Bonchev–Trinajstić information content (AvgIpc) is 3.31. The van der Waals surface area contributed by atoms with Gasteiger partial charge in [-0.25, -0.2) is 5.43 Å². The number of hydrazone groups is 1. The van der Waals surface area contributed by atoms with Crippen LogP contribution in [0.3, 0.4) is 0 Å². The molecule has 2 heterocycles. The van der Waals surface area contributed by atoms with Gasteiger partial charge in [-0.2, -0.15) is 5.10 Å². The van der Waals surface area contributed by atoms with Crippen LogP contribution in [0.2, 0.25) is 5.02 Å². The Labute approximate surface area is 209 Å². The minimum absolute atomic E-state index is 0.0158. The number of nitro groups is 1. The van der Waals surface area contributed by atoms with E-state index < -0.39 is 4.92 Å². The van der Waals surface area contributed by atoms with Crippen molar-refractivity contribution < 1.29 is 9.72 Å². The van der Waals surface area contributed by atoms with Crippen LogP contribution in [-0.4, -0.2) is 42.0 Å². The summed E-state index contributed by atoms with van der Waals surface area (Å²) < 4.78 is 1.84. The smallest absolute Gasteiger partial charge is 0.269 e. The largest absolute Gasteiger partial charge is 0.272 e. The van der Waals surface area contributed by atoms with Gasteiger partial charge in [0, 0.05) is 40.8 Å². The van der Waals surface area contributed by atoms with E-state index in [-0.39, 0.29) is 17.3 Å². The number of carbonyl (C=O) groups excluding carboxylic acids is 1. The highest BCUT2D eigenvalue weighted by atomic mass is 35.5. The fraction of sp³-hybridized carbons (Fsp3) is 0.0870. The van der Waals surface area contributed by atoms with E-state index in [9.17, 15) is 14.9 Å². The van der Waals surface area contributed by atoms with Crippen molar-refractivity contribution in [2.75, 3.05) is 5.75 Å². The molecule has 2 aromatic heterocycles. The zero-order valence-electron chi connectivity index (χ0n) is 18.3. The molecule has 0 radical (unpaired) electrons. The predicted octanol–water partition coefficient (Wildman–Crippen LogP) is 4.52. The van der Waals surface area contributed by atoms with Crippen molar-refractivity contribution in [2.45, 2.75) is 12.1 Å². The highest BCUT2D eigenvalue weighted by molar-refractivity contribution is 7.99. The summed E-state index contributed by atoms with van der Waals surface area (Å²) in [5.41, 5.74) is 5.28. The van der Waals surface area contributed by atoms with Gasteiger partial charge in [-0.05, 0) is 61.0 Å². The number of nitrogens with one attached hydrogen (secondary N) is 1. The monoisotopic (exact) mass is 507 g/mol. The van der Waals surface area contributed by atoms with Gasteiger partial charge in [-0.15, -0.1) is 10.2 Å². The first-order valence-electron chi connectivity index (χ1n) is 10.2. The van der Waals surface area contributed by atoms with Crippen molar-refractivity contribution in [3.8, 4) is 17.1 Å². The third-order valence-corrected chi connectivity index (χ3v) is 6.01. The van der Waals surface area contributed by atoms with Gasteiger partial charge in [0.1, 0.15) is 0 Å². The van der Waals surface area contributed by atoms with Gasteiger partial charge < -0.3 is 0 Å². The Morgan fingerprint density at radius 1 is 1.09 bits per heavy atom. The van der Waals surface area contributed by atoms with Crippen LogP contribution in [0.4, 0.5) is 5.69 Å². The number of carbonyl (C=O) groups is 1. The van der Waals surface area contributed by atoms with Crippen LogP contribution in [-0.2, 0) is 4.79 Å². The molecule has 0 aliphatic heterocycles. The first kappa shape index (κ1) is 24.0. The predicted molar refractivity (Wildman–Crippen MR) is 134 cm³/mol. The fourth-order valence-electron chi connectivity index (χ4n) is 3.07. The standard InChI is InChI=1S/C23H18ClN7O3S/c1-15(16-2-6-20(7-3-16)31(33)34)26-27-21(32)14-35-23-29-28-22(17-10-12-25-13-11-17)30(23)19-8-4-18(24)5-9-19/h2-13H,14H2,1H3,(H,27,32)/b26-15-. The molecule has 12 heteroatoms. The van der Waals surface area contributed by atoms with Gasteiger partial charge in [0.15, 0.2) is 11.0 Å². The van der Waals surface area contributed by atoms with Gasteiger partial charge in [-0.1, -0.05) is 23.4 Å². The Balaban J connectivity index is 1.48. The molecule has 4 aromatic rings. The number of nitrogens with zero attached hydrogens (tertiary/aromatic N) is 6. The van der Waals surface area contributed by atoms with Crippen LogP contribution in [0, 0.1) is 10.1 Å². The van der Waals surface area contributed by atoms with E-state index in [1.807, 2.05) is 28.8 Å². The molecule has 0 spiro atoms. The van der Waals surface area contributed by atoms with Crippen molar-refractivity contribution in [1.82, 2.24) is 25.2 Å². The second kappa shape index (κ2) is 10.9. The summed E-state index contributed by atoms with van der Waals surface area (Å²) in [6.45, 7) is 1.70. The minimum Gasteiger partial charge on any atom is -0.272 e. The number of aromatic nitrogens is 4. The SMILES string of the molecule is C/C(=N/NC(=O)CSc1nnc(-c2ccncc2)n1-c1ccc(Cl)cc1)c1ccc([N+](=O)[O-])cc1. The van der Waals surface area contributed by atoms with Gasteiger partial charge in [0.2, 0.25) is 0 Å². The molecule has 0 bridgehead atoms. The van der Waals surface area contributed by atoms with Crippen molar-refractivity contribution in [1.29, 1.82) is 0 Å². The summed E-state index contributed by atoms with van der Waals surface area (Å²) in [6.07, 6.45) is 3.34. The summed E-state index contributed by atoms with van der Waals surface area (Å²) in [5, 5.41) is 24.6. The Bertz CT molecular complexity index is 1370.